The Morgan fingerprint density at radius 2 is 2.11 bits per heavy atom. The molecule has 1 fully saturated rings. The molecule has 0 unspecified atom stereocenters. The number of rotatable bonds is 4. The summed E-state index contributed by atoms with van der Waals surface area (Å²) in [6.45, 7) is 1.60. The number of nitrogens with two attached hydrogens (primary N) is 1. The zero-order chi connectivity index (χ0) is 13.3. The molecule has 0 aliphatic carbocycles. The SMILES string of the molecule is NC1(CC(=O)NCc2ccc3c(c2)OCO3)COC1. The topological polar surface area (TPSA) is 82.8 Å². The molecular weight excluding hydrogens is 248 g/mol. The van der Waals surface area contributed by atoms with Crippen LogP contribution in [0.15, 0.2) is 18.2 Å². The fraction of sp³-hybridized carbons (Fsp3) is 0.462. The smallest absolute Gasteiger partial charge is 0.231 e. The van der Waals surface area contributed by atoms with Gasteiger partial charge >= 0.3 is 0 Å². The summed E-state index contributed by atoms with van der Waals surface area (Å²) in [6.07, 6.45) is 0.289. The van der Waals surface area contributed by atoms with Gasteiger partial charge < -0.3 is 25.3 Å². The van der Waals surface area contributed by atoms with Crippen molar-refractivity contribution in [2.24, 2.45) is 5.73 Å². The predicted molar refractivity (Wildman–Crippen MR) is 66.8 cm³/mol. The lowest BCUT2D eigenvalue weighted by Crippen LogP contribution is -2.59. The Morgan fingerprint density at radius 1 is 1.32 bits per heavy atom. The number of ether oxygens (including phenoxy) is 3. The normalized spacial score (nSPS) is 18.8. The lowest BCUT2D eigenvalue weighted by Gasteiger charge is -2.37. The van der Waals surface area contributed by atoms with E-state index in [0.29, 0.717) is 19.8 Å². The molecule has 0 spiro atoms. The summed E-state index contributed by atoms with van der Waals surface area (Å²) < 4.78 is 15.5. The van der Waals surface area contributed by atoms with E-state index in [2.05, 4.69) is 5.32 Å². The first-order chi connectivity index (χ1) is 9.15. The molecule has 102 valence electrons. The molecule has 0 bridgehead atoms. The van der Waals surface area contributed by atoms with Gasteiger partial charge in [-0.1, -0.05) is 6.07 Å². The van der Waals surface area contributed by atoms with E-state index in [1.54, 1.807) is 0 Å². The highest BCUT2D eigenvalue weighted by molar-refractivity contribution is 5.77. The average molecular weight is 264 g/mol. The molecule has 6 heteroatoms. The van der Waals surface area contributed by atoms with Gasteiger partial charge in [-0.25, -0.2) is 0 Å². The first-order valence-corrected chi connectivity index (χ1v) is 6.17. The highest BCUT2D eigenvalue weighted by Gasteiger charge is 2.36. The Morgan fingerprint density at radius 3 is 2.84 bits per heavy atom. The second-order valence-electron chi connectivity index (χ2n) is 5.00. The Kier molecular flexibility index (Phi) is 3.04. The average Bonchev–Trinajstić information content (AvgIpc) is 2.81. The van der Waals surface area contributed by atoms with Gasteiger partial charge in [0.15, 0.2) is 11.5 Å². The lowest BCUT2D eigenvalue weighted by molar-refractivity contribution is -0.128. The number of fused-ring (bicyclic) bond motifs is 1. The Bertz CT molecular complexity index is 499. The molecular formula is C13H16N2O4. The summed E-state index contributed by atoms with van der Waals surface area (Å²) in [4.78, 5) is 11.8. The minimum absolute atomic E-state index is 0.0662. The molecule has 0 aromatic heterocycles. The quantitative estimate of drug-likeness (QED) is 0.809. The second kappa shape index (κ2) is 4.71. The first kappa shape index (κ1) is 12.3. The molecule has 1 aromatic carbocycles. The van der Waals surface area contributed by atoms with Gasteiger partial charge in [-0.15, -0.1) is 0 Å². The van der Waals surface area contributed by atoms with E-state index >= 15 is 0 Å². The number of hydrogen-bond donors (Lipinski definition) is 2. The molecule has 2 aliphatic heterocycles. The van der Waals surface area contributed by atoms with Crippen LogP contribution in [0.1, 0.15) is 12.0 Å². The summed E-state index contributed by atoms with van der Waals surface area (Å²) in [6, 6.07) is 5.61. The monoisotopic (exact) mass is 264 g/mol. The number of benzene rings is 1. The maximum atomic E-state index is 11.8. The fourth-order valence-electron chi connectivity index (χ4n) is 2.10. The summed E-state index contributed by atoms with van der Waals surface area (Å²) in [7, 11) is 0. The van der Waals surface area contributed by atoms with Gasteiger partial charge in [-0.3, -0.25) is 4.79 Å². The predicted octanol–water partition coefficient (Wildman–Crippen LogP) is 0.149. The molecule has 6 nitrogen and oxygen atoms in total. The van der Waals surface area contributed by atoms with Crippen molar-refractivity contribution >= 4 is 5.91 Å². The third-order valence-corrected chi connectivity index (χ3v) is 3.22. The van der Waals surface area contributed by atoms with Crippen molar-refractivity contribution in [2.75, 3.05) is 20.0 Å². The Balaban J connectivity index is 1.53. The van der Waals surface area contributed by atoms with E-state index in [-0.39, 0.29) is 19.1 Å². The van der Waals surface area contributed by atoms with Crippen molar-refractivity contribution in [1.29, 1.82) is 0 Å². The molecule has 1 aromatic rings. The van der Waals surface area contributed by atoms with Gasteiger partial charge in [-0.05, 0) is 17.7 Å². The molecule has 0 atom stereocenters. The van der Waals surface area contributed by atoms with E-state index in [0.717, 1.165) is 17.1 Å². The van der Waals surface area contributed by atoms with Crippen LogP contribution in [0.3, 0.4) is 0 Å². The number of carbonyl (C=O) groups is 1. The minimum atomic E-state index is -0.487. The van der Waals surface area contributed by atoms with Crippen LogP contribution in [0.5, 0.6) is 11.5 Å². The first-order valence-electron chi connectivity index (χ1n) is 6.17. The number of nitrogens with one attached hydrogen (secondary N) is 1. The number of carbonyl (C=O) groups excluding carboxylic acids is 1. The van der Waals surface area contributed by atoms with Crippen molar-refractivity contribution in [3.05, 3.63) is 23.8 Å². The van der Waals surface area contributed by atoms with Crippen LogP contribution in [-0.4, -0.2) is 31.5 Å². The van der Waals surface area contributed by atoms with E-state index in [9.17, 15) is 4.79 Å². The molecule has 2 aliphatic rings. The zero-order valence-corrected chi connectivity index (χ0v) is 10.5. The summed E-state index contributed by atoms with van der Waals surface area (Å²) in [5.41, 5.74) is 6.40. The summed E-state index contributed by atoms with van der Waals surface area (Å²) in [5, 5.41) is 2.84. The molecule has 1 saturated heterocycles. The van der Waals surface area contributed by atoms with Crippen LogP contribution in [0.25, 0.3) is 0 Å². The van der Waals surface area contributed by atoms with E-state index < -0.39 is 5.54 Å². The van der Waals surface area contributed by atoms with Crippen LogP contribution in [-0.2, 0) is 16.1 Å². The van der Waals surface area contributed by atoms with Crippen molar-refractivity contribution in [3.8, 4) is 11.5 Å². The standard InChI is InChI=1S/C13H16N2O4/c14-13(6-17-7-13)4-12(16)15-5-9-1-2-10-11(3-9)19-8-18-10/h1-3H,4-8,14H2,(H,15,16). The molecule has 3 N–H and O–H groups in total. The highest BCUT2D eigenvalue weighted by atomic mass is 16.7. The van der Waals surface area contributed by atoms with E-state index in [1.165, 1.54) is 0 Å². The van der Waals surface area contributed by atoms with Crippen molar-refractivity contribution in [2.45, 2.75) is 18.5 Å². The van der Waals surface area contributed by atoms with Crippen LogP contribution >= 0.6 is 0 Å². The van der Waals surface area contributed by atoms with Crippen LogP contribution in [0.4, 0.5) is 0 Å². The maximum absolute atomic E-state index is 11.8. The largest absolute Gasteiger partial charge is 0.454 e. The summed E-state index contributed by atoms with van der Waals surface area (Å²) in [5.74, 6) is 1.39. The molecule has 0 saturated carbocycles. The molecule has 0 radical (unpaired) electrons. The van der Waals surface area contributed by atoms with Crippen molar-refractivity contribution in [3.63, 3.8) is 0 Å². The number of amides is 1. The lowest BCUT2D eigenvalue weighted by atomic mass is 9.94. The van der Waals surface area contributed by atoms with Gasteiger partial charge in [0, 0.05) is 13.0 Å². The third-order valence-electron chi connectivity index (χ3n) is 3.22. The van der Waals surface area contributed by atoms with Crippen molar-refractivity contribution < 1.29 is 19.0 Å². The highest BCUT2D eigenvalue weighted by Crippen LogP contribution is 2.32. The Hall–Kier alpha value is -1.79. The van der Waals surface area contributed by atoms with Crippen LogP contribution in [0.2, 0.25) is 0 Å². The van der Waals surface area contributed by atoms with E-state index in [4.69, 9.17) is 19.9 Å². The zero-order valence-electron chi connectivity index (χ0n) is 10.5. The third kappa shape index (κ3) is 2.64. The molecule has 1 amide bonds. The van der Waals surface area contributed by atoms with Gasteiger partial charge in [0.1, 0.15) is 0 Å². The number of hydrogen-bond acceptors (Lipinski definition) is 5. The van der Waals surface area contributed by atoms with Gasteiger partial charge in [0.2, 0.25) is 12.7 Å². The van der Waals surface area contributed by atoms with Crippen LogP contribution in [0, 0.1) is 0 Å². The van der Waals surface area contributed by atoms with Gasteiger partial charge in [-0.2, -0.15) is 0 Å². The maximum Gasteiger partial charge on any atom is 0.231 e. The van der Waals surface area contributed by atoms with Gasteiger partial charge in [0.25, 0.3) is 0 Å². The molecule has 2 heterocycles. The minimum Gasteiger partial charge on any atom is -0.454 e. The molecule has 3 rings (SSSR count). The summed E-state index contributed by atoms with van der Waals surface area (Å²) >= 11 is 0. The second-order valence-corrected chi connectivity index (χ2v) is 5.00. The fourth-order valence-corrected chi connectivity index (χ4v) is 2.10. The van der Waals surface area contributed by atoms with Gasteiger partial charge in [0.05, 0.1) is 18.8 Å². The Labute approximate surface area is 110 Å². The van der Waals surface area contributed by atoms with Crippen molar-refractivity contribution in [1.82, 2.24) is 5.32 Å². The van der Waals surface area contributed by atoms with Crippen LogP contribution < -0.4 is 20.5 Å². The van der Waals surface area contributed by atoms with E-state index in [1.807, 2.05) is 18.2 Å². The molecule has 19 heavy (non-hydrogen) atoms.